The zero-order chi connectivity index (χ0) is 20.0. The summed E-state index contributed by atoms with van der Waals surface area (Å²) in [6, 6.07) is 5.20. The van der Waals surface area contributed by atoms with Gasteiger partial charge in [0.05, 0.1) is 12.7 Å². The number of imidazole rings is 1. The molecular formula is C20H22N6O3. The molecule has 150 valence electrons. The van der Waals surface area contributed by atoms with Crippen molar-refractivity contribution in [2.24, 2.45) is 0 Å². The van der Waals surface area contributed by atoms with Crippen LogP contribution in [0.1, 0.15) is 40.2 Å². The molecule has 1 unspecified atom stereocenters. The van der Waals surface area contributed by atoms with Gasteiger partial charge in [-0.3, -0.25) is 19.7 Å². The summed E-state index contributed by atoms with van der Waals surface area (Å²) in [5, 5.41) is 9.06. The number of rotatable bonds is 4. The van der Waals surface area contributed by atoms with Gasteiger partial charge in [-0.15, -0.1) is 0 Å². The summed E-state index contributed by atoms with van der Waals surface area (Å²) >= 11 is 0. The third-order valence-electron chi connectivity index (χ3n) is 5.80. The molecule has 9 nitrogen and oxygen atoms in total. The molecule has 9 heteroatoms. The van der Waals surface area contributed by atoms with E-state index in [1.807, 2.05) is 24.4 Å². The first-order valence-electron chi connectivity index (χ1n) is 9.85. The molecule has 1 atom stereocenters. The van der Waals surface area contributed by atoms with Crippen molar-refractivity contribution in [1.82, 2.24) is 25.1 Å². The van der Waals surface area contributed by atoms with E-state index < -0.39 is 6.04 Å². The molecule has 1 aromatic carbocycles. The maximum absolute atomic E-state index is 12.8. The van der Waals surface area contributed by atoms with E-state index in [0.29, 0.717) is 25.1 Å². The van der Waals surface area contributed by atoms with Gasteiger partial charge in [0.25, 0.3) is 5.91 Å². The Morgan fingerprint density at radius 1 is 1.24 bits per heavy atom. The highest BCUT2D eigenvalue weighted by atomic mass is 16.2. The molecule has 29 heavy (non-hydrogen) atoms. The number of anilines is 1. The van der Waals surface area contributed by atoms with Crippen LogP contribution in [0.5, 0.6) is 0 Å². The molecule has 0 aliphatic carbocycles. The van der Waals surface area contributed by atoms with Crippen LogP contribution in [0.2, 0.25) is 0 Å². The fraction of sp³-hybridized carbons (Fsp3) is 0.400. The number of carbonyl (C=O) groups is 3. The van der Waals surface area contributed by atoms with Gasteiger partial charge >= 0.3 is 0 Å². The number of imide groups is 1. The van der Waals surface area contributed by atoms with Gasteiger partial charge in [-0.1, -0.05) is 12.1 Å². The van der Waals surface area contributed by atoms with Crippen molar-refractivity contribution in [3.63, 3.8) is 0 Å². The van der Waals surface area contributed by atoms with Crippen molar-refractivity contribution in [2.45, 2.75) is 45.1 Å². The van der Waals surface area contributed by atoms with Gasteiger partial charge in [-0.05, 0) is 23.6 Å². The summed E-state index contributed by atoms with van der Waals surface area (Å²) in [5.74, 6) is 1.21. The van der Waals surface area contributed by atoms with Crippen LogP contribution in [0.4, 0.5) is 5.82 Å². The third-order valence-corrected chi connectivity index (χ3v) is 5.80. The molecule has 1 saturated heterocycles. The Kier molecular flexibility index (Phi) is 4.31. The van der Waals surface area contributed by atoms with Crippen LogP contribution in [0.25, 0.3) is 0 Å². The minimum Gasteiger partial charge on any atom is -0.366 e. The SMILES string of the molecule is O=C1CCC(N2Cc3cc(CNc4cnc5n4CCNC5)ccc3C2=O)C(=O)N1. The average molecular weight is 394 g/mol. The van der Waals surface area contributed by atoms with Gasteiger partial charge in [-0.25, -0.2) is 4.98 Å². The number of benzene rings is 1. The summed E-state index contributed by atoms with van der Waals surface area (Å²) < 4.78 is 2.18. The van der Waals surface area contributed by atoms with E-state index in [1.54, 1.807) is 4.90 Å². The van der Waals surface area contributed by atoms with Gasteiger partial charge in [-0.2, -0.15) is 0 Å². The Labute approximate surface area is 167 Å². The maximum atomic E-state index is 12.8. The minimum atomic E-state index is -0.582. The summed E-state index contributed by atoms with van der Waals surface area (Å²) in [4.78, 5) is 42.3. The molecule has 5 rings (SSSR count). The Balaban J connectivity index is 1.29. The average Bonchev–Trinajstić information content (AvgIpc) is 3.27. The lowest BCUT2D eigenvalue weighted by Gasteiger charge is -2.29. The maximum Gasteiger partial charge on any atom is 0.255 e. The van der Waals surface area contributed by atoms with Gasteiger partial charge < -0.3 is 20.1 Å². The fourth-order valence-corrected chi connectivity index (χ4v) is 4.27. The van der Waals surface area contributed by atoms with Crippen LogP contribution < -0.4 is 16.0 Å². The van der Waals surface area contributed by atoms with Gasteiger partial charge in [0.2, 0.25) is 11.8 Å². The first-order chi connectivity index (χ1) is 14.1. The highest BCUT2D eigenvalue weighted by Crippen LogP contribution is 2.28. The highest BCUT2D eigenvalue weighted by molar-refractivity contribution is 6.05. The second-order valence-corrected chi connectivity index (χ2v) is 7.63. The lowest BCUT2D eigenvalue weighted by Crippen LogP contribution is -2.52. The van der Waals surface area contributed by atoms with Gasteiger partial charge in [0, 0.05) is 38.2 Å². The molecule has 4 heterocycles. The van der Waals surface area contributed by atoms with Crippen molar-refractivity contribution >= 4 is 23.5 Å². The fourth-order valence-electron chi connectivity index (χ4n) is 4.27. The Morgan fingerprint density at radius 3 is 3.00 bits per heavy atom. The van der Waals surface area contributed by atoms with Crippen LogP contribution in [-0.2, 0) is 35.8 Å². The number of carbonyl (C=O) groups excluding carboxylic acids is 3. The lowest BCUT2D eigenvalue weighted by molar-refractivity contribution is -0.136. The van der Waals surface area contributed by atoms with E-state index in [4.69, 9.17) is 0 Å². The summed E-state index contributed by atoms with van der Waals surface area (Å²) in [7, 11) is 0. The zero-order valence-corrected chi connectivity index (χ0v) is 15.9. The summed E-state index contributed by atoms with van der Waals surface area (Å²) in [6.45, 7) is 3.60. The van der Waals surface area contributed by atoms with Gasteiger partial charge in [0.15, 0.2) is 0 Å². The van der Waals surface area contributed by atoms with E-state index in [0.717, 1.165) is 42.4 Å². The molecule has 0 bridgehead atoms. The van der Waals surface area contributed by atoms with Crippen LogP contribution in [0, 0.1) is 0 Å². The normalized spacial score (nSPS) is 21.0. The topological polar surface area (TPSA) is 108 Å². The van der Waals surface area contributed by atoms with Crippen molar-refractivity contribution < 1.29 is 14.4 Å². The largest absolute Gasteiger partial charge is 0.366 e. The number of nitrogens with one attached hydrogen (secondary N) is 3. The Morgan fingerprint density at radius 2 is 2.14 bits per heavy atom. The van der Waals surface area contributed by atoms with E-state index in [-0.39, 0.29) is 24.1 Å². The van der Waals surface area contributed by atoms with E-state index in [9.17, 15) is 14.4 Å². The third kappa shape index (κ3) is 3.17. The summed E-state index contributed by atoms with van der Waals surface area (Å²) in [5.41, 5.74) is 2.61. The predicted octanol–water partition coefficient (Wildman–Crippen LogP) is 0.359. The number of piperidine rings is 1. The van der Waals surface area contributed by atoms with E-state index in [2.05, 4.69) is 25.5 Å². The predicted molar refractivity (Wildman–Crippen MR) is 104 cm³/mol. The second kappa shape index (κ2) is 7.00. The first-order valence-corrected chi connectivity index (χ1v) is 9.85. The molecule has 2 aromatic rings. The molecule has 0 saturated carbocycles. The second-order valence-electron chi connectivity index (χ2n) is 7.63. The molecular weight excluding hydrogens is 372 g/mol. The zero-order valence-electron chi connectivity index (χ0n) is 15.9. The number of aromatic nitrogens is 2. The molecule has 1 fully saturated rings. The van der Waals surface area contributed by atoms with Crippen LogP contribution in [0.15, 0.2) is 24.4 Å². The molecule has 3 amide bonds. The first kappa shape index (κ1) is 17.9. The molecule has 3 aliphatic heterocycles. The highest BCUT2D eigenvalue weighted by Gasteiger charge is 2.39. The molecule has 3 aliphatic rings. The van der Waals surface area contributed by atoms with Gasteiger partial charge in [0.1, 0.15) is 17.7 Å². The number of hydrogen-bond donors (Lipinski definition) is 3. The van der Waals surface area contributed by atoms with Crippen molar-refractivity contribution in [3.05, 3.63) is 46.9 Å². The standard InChI is InChI=1S/C20H22N6O3/c27-18-4-3-15(19(28)24-18)26-11-13-7-12(1-2-14(13)20(26)29)8-22-17-10-23-16-9-21-5-6-25(16)17/h1-2,7,10,15,21-22H,3-6,8-9,11H2,(H,24,27,28). The molecule has 0 radical (unpaired) electrons. The Hall–Kier alpha value is -3.20. The molecule has 1 aromatic heterocycles. The smallest absolute Gasteiger partial charge is 0.255 e. The lowest BCUT2D eigenvalue weighted by atomic mass is 10.0. The number of amides is 3. The summed E-state index contributed by atoms with van der Waals surface area (Å²) in [6.07, 6.45) is 2.49. The van der Waals surface area contributed by atoms with Crippen LogP contribution >= 0.6 is 0 Å². The van der Waals surface area contributed by atoms with Crippen molar-refractivity contribution in [1.29, 1.82) is 0 Å². The Bertz CT molecular complexity index is 1010. The van der Waals surface area contributed by atoms with E-state index in [1.165, 1.54) is 0 Å². The van der Waals surface area contributed by atoms with Crippen LogP contribution in [0.3, 0.4) is 0 Å². The number of hydrogen-bond acceptors (Lipinski definition) is 6. The van der Waals surface area contributed by atoms with Crippen molar-refractivity contribution in [2.75, 3.05) is 11.9 Å². The monoisotopic (exact) mass is 394 g/mol. The number of fused-ring (bicyclic) bond motifs is 2. The van der Waals surface area contributed by atoms with Crippen molar-refractivity contribution in [3.8, 4) is 0 Å². The minimum absolute atomic E-state index is 0.147. The molecule has 0 spiro atoms. The number of nitrogens with zero attached hydrogens (tertiary/aromatic N) is 3. The van der Waals surface area contributed by atoms with Crippen LogP contribution in [-0.4, -0.2) is 44.8 Å². The molecule has 3 N–H and O–H groups in total. The van der Waals surface area contributed by atoms with E-state index >= 15 is 0 Å². The quantitative estimate of drug-likeness (QED) is 0.646.